The average Bonchev–Trinajstić information content (AvgIpc) is 3.01. The van der Waals surface area contributed by atoms with Crippen LogP contribution >= 0.6 is 0 Å². The number of carboxylic acids is 1. The van der Waals surface area contributed by atoms with E-state index in [0.29, 0.717) is 6.42 Å². The van der Waals surface area contributed by atoms with Crippen LogP contribution in [0.2, 0.25) is 0 Å². The number of carbonyl (C=O) groups is 2. The van der Waals surface area contributed by atoms with Crippen LogP contribution in [-0.2, 0) is 16.0 Å². The number of hydrogen-bond donors (Lipinski definition) is 1. The summed E-state index contributed by atoms with van der Waals surface area (Å²) in [7, 11) is 1.52. The number of aromatic nitrogens is 2. The second kappa shape index (κ2) is 6.64. The zero-order valence-electron chi connectivity index (χ0n) is 13.6. The molecule has 0 aliphatic carbocycles. The molecule has 0 aliphatic heterocycles. The highest BCUT2D eigenvalue weighted by Gasteiger charge is 2.34. The zero-order chi connectivity index (χ0) is 17.0. The van der Waals surface area contributed by atoms with Gasteiger partial charge in [0.05, 0.1) is 11.9 Å². The Balaban J connectivity index is 1.98. The van der Waals surface area contributed by atoms with Gasteiger partial charge < -0.3 is 10.0 Å². The van der Waals surface area contributed by atoms with E-state index in [1.165, 1.54) is 25.8 Å². The number of aryl methyl sites for hydroxylation is 1. The van der Waals surface area contributed by atoms with Crippen LogP contribution in [0.5, 0.6) is 0 Å². The molecule has 1 aromatic carbocycles. The van der Waals surface area contributed by atoms with Crippen LogP contribution < -0.4 is 0 Å². The van der Waals surface area contributed by atoms with Gasteiger partial charge in [0.25, 0.3) is 0 Å². The number of rotatable bonds is 6. The molecule has 0 atom stereocenters. The minimum absolute atomic E-state index is 0.204. The molecule has 0 fully saturated rings. The van der Waals surface area contributed by atoms with E-state index < -0.39 is 11.5 Å². The third kappa shape index (κ3) is 3.77. The van der Waals surface area contributed by atoms with Crippen molar-refractivity contribution in [3.05, 3.63) is 48.3 Å². The standard InChI is InChI=1S/C17H21N3O3/c1-17(2,16(22)23)19(3)15(21)10-9-13-11-18-20(12-13)14-7-5-4-6-8-14/h4-8,11-12H,9-10H2,1-3H3,(H,22,23). The second-order valence-corrected chi connectivity index (χ2v) is 5.95. The predicted molar refractivity (Wildman–Crippen MR) is 86.4 cm³/mol. The van der Waals surface area contributed by atoms with Crippen LogP contribution in [0.3, 0.4) is 0 Å². The molecule has 1 N–H and O–H groups in total. The Bertz CT molecular complexity index is 692. The van der Waals surface area contributed by atoms with E-state index in [1.54, 1.807) is 10.9 Å². The van der Waals surface area contributed by atoms with Gasteiger partial charge in [0.15, 0.2) is 0 Å². The lowest BCUT2D eigenvalue weighted by molar-refractivity contribution is -0.155. The van der Waals surface area contributed by atoms with Crippen molar-refractivity contribution in [1.29, 1.82) is 0 Å². The smallest absolute Gasteiger partial charge is 0.329 e. The fourth-order valence-corrected chi connectivity index (χ4v) is 2.09. The maximum atomic E-state index is 12.2. The van der Waals surface area contributed by atoms with E-state index in [2.05, 4.69) is 5.10 Å². The highest BCUT2D eigenvalue weighted by atomic mass is 16.4. The van der Waals surface area contributed by atoms with Gasteiger partial charge in [-0.3, -0.25) is 4.79 Å². The summed E-state index contributed by atoms with van der Waals surface area (Å²) in [6.07, 6.45) is 4.37. The lowest BCUT2D eigenvalue weighted by atomic mass is 10.0. The van der Waals surface area contributed by atoms with Crippen molar-refractivity contribution in [1.82, 2.24) is 14.7 Å². The average molecular weight is 315 g/mol. The van der Waals surface area contributed by atoms with Gasteiger partial charge in [0.1, 0.15) is 5.54 Å². The first-order chi connectivity index (χ1) is 10.8. The van der Waals surface area contributed by atoms with E-state index in [0.717, 1.165) is 11.3 Å². The van der Waals surface area contributed by atoms with Crippen LogP contribution in [0.25, 0.3) is 5.69 Å². The molecule has 0 bridgehead atoms. The summed E-state index contributed by atoms with van der Waals surface area (Å²) in [6, 6.07) is 9.70. The summed E-state index contributed by atoms with van der Waals surface area (Å²) in [5.74, 6) is -1.23. The summed E-state index contributed by atoms with van der Waals surface area (Å²) in [5, 5.41) is 13.5. The predicted octanol–water partition coefficient (Wildman–Crippen LogP) is 2.13. The summed E-state index contributed by atoms with van der Waals surface area (Å²) in [4.78, 5) is 24.6. The van der Waals surface area contributed by atoms with Crippen LogP contribution in [0.15, 0.2) is 42.7 Å². The van der Waals surface area contributed by atoms with E-state index in [9.17, 15) is 9.59 Å². The van der Waals surface area contributed by atoms with Gasteiger partial charge in [-0.25, -0.2) is 9.48 Å². The van der Waals surface area contributed by atoms with Crippen molar-refractivity contribution < 1.29 is 14.7 Å². The number of carboxylic acid groups (broad SMARTS) is 1. The van der Waals surface area contributed by atoms with Gasteiger partial charge in [0, 0.05) is 19.7 Å². The number of carbonyl (C=O) groups excluding carboxylic acids is 1. The number of para-hydroxylation sites is 1. The maximum Gasteiger partial charge on any atom is 0.329 e. The van der Waals surface area contributed by atoms with Crippen molar-refractivity contribution in [2.75, 3.05) is 7.05 Å². The number of aliphatic carboxylic acids is 1. The molecule has 0 unspecified atom stereocenters. The van der Waals surface area contributed by atoms with Crippen LogP contribution in [0, 0.1) is 0 Å². The number of likely N-dealkylation sites (N-methyl/N-ethyl adjacent to an activating group) is 1. The van der Waals surface area contributed by atoms with E-state index >= 15 is 0 Å². The summed E-state index contributed by atoms with van der Waals surface area (Å²) in [6.45, 7) is 3.03. The molecular weight excluding hydrogens is 294 g/mol. The Labute approximate surface area is 135 Å². The highest BCUT2D eigenvalue weighted by molar-refractivity contribution is 5.86. The topological polar surface area (TPSA) is 75.4 Å². The van der Waals surface area contributed by atoms with Gasteiger partial charge in [-0.2, -0.15) is 5.10 Å². The SMILES string of the molecule is CN(C(=O)CCc1cnn(-c2ccccc2)c1)C(C)(C)C(=O)O. The summed E-state index contributed by atoms with van der Waals surface area (Å²) in [5.41, 5.74) is 0.670. The number of hydrogen-bond acceptors (Lipinski definition) is 3. The van der Waals surface area contributed by atoms with Crippen molar-refractivity contribution in [3.8, 4) is 5.69 Å². The van der Waals surface area contributed by atoms with E-state index in [-0.39, 0.29) is 12.3 Å². The third-order valence-corrected chi connectivity index (χ3v) is 4.02. The molecule has 23 heavy (non-hydrogen) atoms. The number of amides is 1. The third-order valence-electron chi connectivity index (χ3n) is 4.02. The lowest BCUT2D eigenvalue weighted by Crippen LogP contribution is -2.50. The molecule has 1 amide bonds. The van der Waals surface area contributed by atoms with Crippen LogP contribution in [-0.4, -0.2) is 44.3 Å². The van der Waals surface area contributed by atoms with Crippen molar-refractivity contribution >= 4 is 11.9 Å². The molecule has 0 spiro atoms. The van der Waals surface area contributed by atoms with Gasteiger partial charge in [-0.1, -0.05) is 18.2 Å². The Hall–Kier alpha value is -2.63. The maximum absolute atomic E-state index is 12.2. The molecule has 0 aliphatic rings. The first-order valence-corrected chi connectivity index (χ1v) is 7.41. The first kappa shape index (κ1) is 16.7. The Morgan fingerprint density at radius 1 is 1.26 bits per heavy atom. The largest absolute Gasteiger partial charge is 0.480 e. The Morgan fingerprint density at radius 3 is 2.52 bits per heavy atom. The van der Waals surface area contributed by atoms with Gasteiger partial charge >= 0.3 is 5.97 Å². The molecular formula is C17H21N3O3. The van der Waals surface area contributed by atoms with Gasteiger partial charge in [-0.15, -0.1) is 0 Å². The van der Waals surface area contributed by atoms with Crippen LogP contribution in [0.4, 0.5) is 0 Å². The summed E-state index contributed by atoms with van der Waals surface area (Å²) < 4.78 is 1.75. The molecule has 122 valence electrons. The fourth-order valence-electron chi connectivity index (χ4n) is 2.09. The molecule has 0 radical (unpaired) electrons. The summed E-state index contributed by atoms with van der Waals surface area (Å²) >= 11 is 0. The normalized spacial score (nSPS) is 11.3. The Kier molecular flexibility index (Phi) is 4.83. The second-order valence-electron chi connectivity index (χ2n) is 5.95. The molecule has 0 saturated carbocycles. The minimum Gasteiger partial charge on any atom is -0.480 e. The molecule has 2 aromatic rings. The molecule has 2 rings (SSSR count). The highest BCUT2D eigenvalue weighted by Crippen LogP contribution is 2.15. The number of benzene rings is 1. The zero-order valence-corrected chi connectivity index (χ0v) is 13.6. The fraction of sp³-hybridized carbons (Fsp3) is 0.353. The first-order valence-electron chi connectivity index (χ1n) is 7.41. The van der Waals surface area contributed by atoms with Crippen molar-refractivity contribution in [3.63, 3.8) is 0 Å². The van der Waals surface area contributed by atoms with Crippen molar-refractivity contribution in [2.45, 2.75) is 32.2 Å². The molecule has 6 nitrogen and oxygen atoms in total. The van der Waals surface area contributed by atoms with E-state index in [4.69, 9.17) is 5.11 Å². The Morgan fingerprint density at radius 2 is 1.91 bits per heavy atom. The van der Waals surface area contributed by atoms with E-state index in [1.807, 2.05) is 36.5 Å². The monoisotopic (exact) mass is 315 g/mol. The minimum atomic E-state index is -1.22. The lowest BCUT2D eigenvalue weighted by Gasteiger charge is -2.31. The van der Waals surface area contributed by atoms with Crippen molar-refractivity contribution in [2.24, 2.45) is 0 Å². The molecule has 1 heterocycles. The molecule has 0 saturated heterocycles. The van der Waals surface area contributed by atoms with Gasteiger partial charge in [-0.05, 0) is 38.0 Å². The number of nitrogens with zero attached hydrogens (tertiary/aromatic N) is 3. The van der Waals surface area contributed by atoms with Crippen LogP contribution in [0.1, 0.15) is 25.8 Å². The molecule has 1 aromatic heterocycles. The van der Waals surface area contributed by atoms with Gasteiger partial charge in [0.2, 0.25) is 5.91 Å². The molecule has 6 heteroatoms. The quantitative estimate of drug-likeness (QED) is 0.886.